The average Bonchev–Trinajstić information content (AvgIpc) is 2.60. The minimum absolute atomic E-state index is 0.0147. The van der Waals surface area contributed by atoms with Crippen molar-refractivity contribution in [2.45, 2.75) is 25.2 Å². The molecule has 1 rings (SSSR count). The first-order valence-electron chi connectivity index (χ1n) is 7.99. The Hall–Kier alpha value is -3.23. The molecule has 0 unspecified atom stereocenters. The first kappa shape index (κ1) is 22.8. The molecule has 1 amide bonds. The second kappa shape index (κ2) is 10.2. The van der Waals surface area contributed by atoms with Gasteiger partial charge in [-0.25, -0.2) is 13.1 Å². The second-order valence-electron chi connectivity index (χ2n) is 5.61. The molecule has 0 aliphatic heterocycles. The Balaban J connectivity index is 2.52. The van der Waals surface area contributed by atoms with Gasteiger partial charge in [-0.1, -0.05) is 0 Å². The molecule has 0 bridgehead atoms. The number of nitrogens with one attached hydrogen (secondary N) is 2. The number of sulfonamides is 1. The van der Waals surface area contributed by atoms with Gasteiger partial charge in [0, 0.05) is 24.9 Å². The van der Waals surface area contributed by atoms with Crippen LogP contribution in [0.1, 0.15) is 20.3 Å². The van der Waals surface area contributed by atoms with Crippen molar-refractivity contribution in [3.8, 4) is 6.07 Å². The van der Waals surface area contributed by atoms with Crippen LogP contribution >= 0.6 is 0 Å². The molecule has 0 aromatic heterocycles. The Morgan fingerprint density at radius 3 is 2.29 bits per heavy atom. The van der Waals surface area contributed by atoms with E-state index < -0.39 is 28.4 Å². The molecular weight excluding hydrogens is 388 g/mol. The van der Waals surface area contributed by atoms with E-state index in [1.165, 1.54) is 38.1 Å². The molecule has 0 aliphatic carbocycles. The molecule has 10 nitrogen and oxygen atoms in total. The van der Waals surface area contributed by atoms with E-state index in [2.05, 4.69) is 10.0 Å². The number of nitriles is 1. The van der Waals surface area contributed by atoms with Gasteiger partial charge in [0.05, 0.1) is 11.3 Å². The average molecular weight is 408 g/mol. The van der Waals surface area contributed by atoms with Crippen molar-refractivity contribution in [3.63, 3.8) is 0 Å². The zero-order chi connectivity index (χ0) is 21.3. The van der Waals surface area contributed by atoms with Crippen molar-refractivity contribution in [1.29, 1.82) is 5.26 Å². The van der Waals surface area contributed by atoms with Crippen LogP contribution in [-0.2, 0) is 29.1 Å². The van der Waals surface area contributed by atoms with Crippen LogP contribution in [0.3, 0.4) is 0 Å². The molecule has 0 saturated carbocycles. The highest BCUT2D eigenvalue weighted by Gasteiger charge is 2.16. The summed E-state index contributed by atoms with van der Waals surface area (Å²) in [6.07, 6.45) is -0.316. The van der Waals surface area contributed by atoms with Gasteiger partial charge in [-0.15, -0.1) is 0 Å². The third-order valence-corrected chi connectivity index (χ3v) is 4.73. The molecule has 0 aliphatic rings. The number of benzene rings is 1. The number of ketones is 1. The largest absolute Gasteiger partial charge is 0.457 e. The normalized spacial score (nSPS) is 11.8. The fourth-order valence-corrected chi connectivity index (χ4v) is 2.98. The number of carbonyl (C=O) groups is 3. The third kappa shape index (κ3) is 7.18. The topological polar surface area (TPSA) is 168 Å². The van der Waals surface area contributed by atoms with E-state index in [1.54, 1.807) is 6.07 Å². The molecular formula is C17H20N4O6S. The van der Waals surface area contributed by atoms with Crippen LogP contribution in [0.5, 0.6) is 0 Å². The number of nitrogens with zero attached hydrogens (tertiary/aromatic N) is 1. The quantitative estimate of drug-likeness (QED) is 0.295. The van der Waals surface area contributed by atoms with Gasteiger partial charge in [-0.3, -0.25) is 14.4 Å². The summed E-state index contributed by atoms with van der Waals surface area (Å²) in [6.45, 7) is 1.79. The number of carbonyl (C=O) groups excluding carboxylic acids is 3. The highest BCUT2D eigenvalue weighted by atomic mass is 32.2. The van der Waals surface area contributed by atoms with Crippen molar-refractivity contribution in [3.05, 3.63) is 35.5 Å². The van der Waals surface area contributed by atoms with E-state index in [-0.39, 0.29) is 35.0 Å². The number of esters is 1. The Morgan fingerprint density at radius 1 is 1.18 bits per heavy atom. The molecule has 0 heterocycles. The number of hydrogen-bond donors (Lipinski definition) is 3. The number of allylic oxidation sites excluding steroid dienone is 1. The van der Waals surface area contributed by atoms with E-state index in [1.807, 2.05) is 0 Å². The number of hydrogen-bond acceptors (Lipinski definition) is 8. The molecule has 0 atom stereocenters. The predicted octanol–water partition coefficient (Wildman–Crippen LogP) is 0.182. The summed E-state index contributed by atoms with van der Waals surface area (Å²) in [4.78, 5) is 34.2. The first-order valence-corrected chi connectivity index (χ1v) is 9.47. The van der Waals surface area contributed by atoms with E-state index in [0.29, 0.717) is 5.69 Å². The van der Waals surface area contributed by atoms with E-state index in [9.17, 15) is 22.8 Å². The Bertz CT molecular complexity index is 925. The van der Waals surface area contributed by atoms with Gasteiger partial charge in [0.15, 0.2) is 6.61 Å². The molecule has 0 spiro atoms. The van der Waals surface area contributed by atoms with Crippen LogP contribution in [0.4, 0.5) is 5.69 Å². The number of nitrogens with two attached hydrogens (primary N) is 1. The van der Waals surface area contributed by atoms with Crippen molar-refractivity contribution in [2.24, 2.45) is 5.73 Å². The van der Waals surface area contributed by atoms with Gasteiger partial charge in [-0.05, 0) is 31.2 Å². The Morgan fingerprint density at radius 2 is 1.79 bits per heavy atom. The molecule has 11 heteroatoms. The van der Waals surface area contributed by atoms with Crippen LogP contribution in [0.15, 0.2) is 40.4 Å². The molecule has 150 valence electrons. The summed E-state index contributed by atoms with van der Waals surface area (Å²) < 4.78 is 31.2. The van der Waals surface area contributed by atoms with Gasteiger partial charge < -0.3 is 15.8 Å². The number of rotatable bonds is 9. The summed E-state index contributed by atoms with van der Waals surface area (Å²) in [5.74, 6) is -1.84. The second-order valence-corrected chi connectivity index (χ2v) is 7.37. The zero-order valence-electron chi connectivity index (χ0n) is 15.3. The molecule has 1 aromatic carbocycles. The van der Waals surface area contributed by atoms with Crippen LogP contribution in [0.25, 0.3) is 0 Å². The van der Waals surface area contributed by atoms with E-state index >= 15 is 0 Å². The Labute approximate surface area is 162 Å². The maximum absolute atomic E-state index is 12.2. The van der Waals surface area contributed by atoms with Crippen LogP contribution in [0, 0.1) is 11.3 Å². The highest BCUT2D eigenvalue weighted by molar-refractivity contribution is 7.89. The molecule has 28 heavy (non-hydrogen) atoms. The van der Waals surface area contributed by atoms with Gasteiger partial charge in [0.1, 0.15) is 11.6 Å². The smallest absolute Gasteiger partial charge is 0.307 e. The predicted molar refractivity (Wildman–Crippen MR) is 99.0 cm³/mol. The van der Waals surface area contributed by atoms with Crippen molar-refractivity contribution >= 4 is 33.4 Å². The summed E-state index contributed by atoms with van der Waals surface area (Å²) in [6, 6.07) is 7.07. The lowest BCUT2D eigenvalue weighted by Crippen LogP contribution is -2.27. The van der Waals surface area contributed by atoms with Gasteiger partial charge in [-0.2, -0.15) is 5.26 Å². The fourth-order valence-electron chi connectivity index (χ4n) is 1.95. The van der Waals surface area contributed by atoms with Crippen LogP contribution < -0.4 is 15.8 Å². The third-order valence-electron chi connectivity index (χ3n) is 3.26. The maximum Gasteiger partial charge on any atom is 0.307 e. The lowest BCUT2D eigenvalue weighted by molar-refractivity contribution is -0.146. The van der Waals surface area contributed by atoms with Gasteiger partial charge in [0.2, 0.25) is 21.7 Å². The van der Waals surface area contributed by atoms with Crippen molar-refractivity contribution in [1.82, 2.24) is 4.72 Å². The number of anilines is 1. The number of ether oxygens (including phenoxy) is 1. The minimum atomic E-state index is -3.87. The van der Waals surface area contributed by atoms with Crippen LogP contribution in [-0.4, -0.2) is 39.2 Å². The minimum Gasteiger partial charge on any atom is -0.457 e. The molecule has 0 radical (unpaired) electrons. The van der Waals surface area contributed by atoms with Crippen LogP contribution in [0.2, 0.25) is 0 Å². The molecule has 1 aromatic rings. The SMILES string of the molecule is CC(=O)Nc1ccc(S(=O)(=O)NCCC(=O)OCC(=O)/C(C#N)=C(/C)N)cc1. The summed E-state index contributed by atoms with van der Waals surface area (Å²) in [5, 5.41) is 11.3. The van der Waals surface area contributed by atoms with Crippen molar-refractivity contribution < 1.29 is 27.5 Å². The molecule has 0 saturated heterocycles. The molecule has 0 fully saturated rings. The summed E-state index contributed by atoms with van der Waals surface area (Å²) in [5.41, 5.74) is 5.53. The van der Waals surface area contributed by atoms with E-state index in [0.717, 1.165) is 0 Å². The number of amides is 1. The lowest BCUT2D eigenvalue weighted by Gasteiger charge is -2.08. The highest BCUT2D eigenvalue weighted by Crippen LogP contribution is 2.14. The van der Waals surface area contributed by atoms with Gasteiger partial charge >= 0.3 is 5.97 Å². The van der Waals surface area contributed by atoms with E-state index in [4.69, 9.17) is 15.7 Å². The monoisotopic (exact) mass is 408 g/mol. The number of Topliss-reactive ketones (excluding diaryl/α,β-unsaturated/α-hetero) is 1. The van der Waals surface area contributed by atoms with Crippen molar-refractivity contribution in [2.75, 3.05) is 18.5 Å². The fraction of sp³-hybridized carbons (Fsp3) is 0.294. The summed E-state index contributed by atoms with van der Waals surface area (Å²) in [7, 11) is -3.87. The summed E-state index contributed by atoms with van der Waals surface area (Å²) >= 11 is 0. The standard InChI is InChI=1S/C17H20N4O6S/c1-11(19)15(9-18)16(23)10-27-17(24)7-8-20-28(25,26)14-5-3-13(4-6-14)21-12(2)22/h3-6,20H,7-8,10,19H2,1-2H3,(H,21,22)/b15-11-. The first-order chi connectivity index (χ1) is 13.1. The Kier molecular flexibility index (Phi) is 8.30. The molecule has 4 N–H and O–H groups in total. The lowest BCUT2D eigenvalue weighted by atomic mass is 10.1. The maximum atomic E-state index is 12.2. The zero-order valence-corrected chi connectivity index (χ0v) is 16.1. The van der Waals surface area contributed by atoms with Gasteiger partial charge in [0.25, 0.3) is 0 Å².